The van der Waals surface area contributed by atoms with E-state index in [1.807, 2.05) is 18.2 Å². The van der Waals surface area contributed by atoms with Gasteiger partial charge in [0, 0.05) is 14.9 Å². The number of thiazole rings is 1. The average molecular weight is 388 g/mol. The predicted octanol–water partition coefficient (Wildman–Crippen LogP) is 5.77. The van der Waals surface area contributed by atoms with Crippen molar-refractivity contribution in [3.8, 4) is 0 Å². The molecule has 114 valence electrons. The third kappa shape index (κ3) is 4.28. The highest BCUT2D eigenvalue weighted by atomic mass is 79.9. The molecule has 0 amide bonds. The highest BCUT2D eigenvalue weighted by Gasteiger charge is 2.20. The summed E-state index contributed by atoms with van der Waals surface area (Å²) < 4.78 is 1.06. The van der Waals surface area contributed by atoms with Gasteiger partial charge in [-0.1, -0.05) is 48.3 Å². The molecule has 1 atom stereocenters. The maximum absolute atomic E-state index is 6.17. The Bertz CT molecular complexity index is 598. The van der Waals surface area contributed by atoms with E-state index >= 15 is 0 Å². The number of nitrogens with one attached hydrogen (secondary N) is 1. The Kier molecular flexibility index (Phi) is 6.23. The van der Waals surface area contributed by atoms with E-state index in [1.54, 1.807) is 11.3 Å². The molecule has 0 fully saturated rings. The molecule has 0 radical (unpaired) electrons. The summed E-state index contributed by atoms with van der Waals surface area (Å²) >= 11 is 11.5. The minimum atomic E-state index is 0.0792. The first kappa shape index (κ1) is 16.9. The Hall–Kier alpha value is -0.420. The van der Waals surface area contributed by atoms with Crippen molar-refractivity contribution >= 4 is 38.9 Å². The summed E-state index contributed by atoms with van der Waals surface area (Å²) in [6.07, 6.45) is 1.08. The van der Waals surface area contributed by atoms with Crippen molar-refractivity contribution in [1.82, 2.24) is 10.3 Å². The molecule has 1 N–H and O–H groups in total. The molecule has 1 aromatic carbocycles. The van der Waals surface area contributed by atoms with E-state index in [-0.39, 0.29) is 6.04 Å². The summed E-state index contributed by atoms with van der Waals surface area (Å²) in [5, 5.41) is 7.57. The number of nitrogens with zero attached hydrogens (tertiary/aromatic N) is 1. The Labute approximate surface area is 144 Å². The van der Waals surface area contributed by atoms with Crippen LogP contribution in [0.4, 0.5) is 0 Å². The van der Waals surface area contributed by atoms with E-state index in [0.717, 1.165) is 38.7 Å². The van der Waals surface area contributed by atoms with E-state index in [9.17, 15) is 0 Å². The van der Waals surface area contributed by atoms with Gasteiger partial charge in [0.25, 0.3) is 0 Å². The molecule has 0 aliphatic rings. The highest BCUT2D eigenvalue weighted by Crippen LogP contribution is 2.33. The average Bonchev–Trinajstić information content (AvgIpc) is 2.93. The number of hydrogen-bond donors (Lipinski definition) is 1. The van der Waals surface area contributed by atoms with E-state index in [1.165, 1.54) is 0 Å². The van der Waals surface area contributed by atoms with Crippen molar-refractivity contribution in [2.24, 2.45) is 0 Å². The SMILES string of the molecule is CCCNC(c1nc(C(C)C)cs1)c1cc(Cl)ccc1Br. The van der Waals surface area contributed by atoms with Crippen LogP contribution in [0.5, 0.6) is 0 Å². The zero-order valence-electron chi connectivity index (χ0n) is 12.5. The highest BCUT2D eigenvalue weighted by molar-refractivity contribution is 9.10. The molecule has 2 aromatic rings. The van der Waals surface area contributed by atoms with Crippen molar-refractivity contribution in [3.63, 3.8) is 0 Å². The van der Waals surface area contributed by atoms with Crippen LogP contribution in [-0.2, 0) is 0 Å². The zero-order valence-corrected chi connectivity index (χ0v) is 15.6. The molecule has 2 nitrogen and oxygen atoms in total. The van der Waals surface area contributed by atoms with Gasteiger partial charge in [0.2, 0.25) is 0 Å². The fourth-order valence-corrected chi connectivity index (χ4v) is 3.78. The standard InChI is InChI=1S/C16H20BrClN2S/c1-4-7-19-15(12-8-11(18)5-6-13(12)17)16-20-14(9-21-16)10(2)3/h5-6,8-10,15,19H,4,7H2,1-3H3. The van der Waals surface area contributed by atoms with E-state index in [2.05, 4.69) is 47.4 Å². The molecule has 21 heavy (non-hydrogen) atoms. The van der Waals surface area contributed by atoms with Crippen LogP contribution in [0.3, 0.4) is 0 Å². The quantitative estimate of drug-likeness (QED) is 0.680. The van der Waals surface area contributed by atoms with Crippen LogP contribution < -0.4 is 5.32 Å². The monoisotopic (exact) mass is 386 g/mol. The summed E-state index contributed by atoms with van der Waals surface area (Å²) in [6, 6.07) is 5.98. The van der Waals surface area contributed by atoms with Crippen LogP contribution in [0.15, 0.2) is 28.1 Å². The molecule has 0 bridgehead atoms. The third-order valence-electron chi connectivity index (χ3n) is 3.25. The number of aromatic nitrogens is 1. The summed E-state index contributed by atoms with van der Waals surface area (Å²) in [6.45, 7) is 7.45. The Morgan fingerprint density at radius 2 is 2.14 bits per heavy atom. The van der Waals surface area contributed by atoms with Crippen molar-refractivity contribution < 1.29 is 0 Å². The van der Waals surface area contributed by atoms with Gasteiger partial charge in [-0.25, -0.2) is 4.98 Å². The van der Waals surface area contributed by atoms with Crippen LogP contribution in [0.2, 0.25) is 5.02 Å². The fraction of sp³-hybridized carbons (Fsp3) is 0.438. The first-order valence-corrected chi connectivity index (χ1v) is 9.21. The number of halogens is 2. The minimum Gasteiger partial charge on any atom is -0.304 e. The zero-order chi connectivity index (χ0) is 15.4. The molecule has 1 heterocycles. The van der Waals surface area contributed by atoms with Crippen LogP contribution in [0, 0.1) is 0 Å². The van der Waals surface area contributed by atoms with Crippen molar-refractivity contribution in [3.05, 3.63) is 49.3 Å². The van der Waals surface area contributed by atoms with Crippen LogP contribution in [0.1, 0.15) is 55.4 Å². The lowest BCUT2D eigenvalue weighted by Crippen LogP contribution is -2.23. The molecule has 0 aliphatic heterocycles. The van der Waals surface area contributed by atoms with Gasteiger partial charge < -0.3 is 5.32 Å². The maximum Gasteiger partial charge on any atom is 0.114 e. The van der Waals surface area contributed by atoms with Crippen LogP contribution in [0.25, 0.3) is 0 Å². The Morgan fingerprint density at radius 1 is 1.38 bits per heavy atom. The molecule has 1 unspecified atom stereocenters. The Balaban J connectivity index is 2.39. The van der Waals surface area contributed by atoms with Gasteiger partial charge >= 0.3 is 0 Å². The van der Waals surface area contributed by atoms with Crippen LogP contribution >= 0.6 is 38.9 Å². The number of hydrogen-bond acceptors (Lipinski definition) is 3. The molecular weight excluding hydrogens is 368 g/mol. The number of rotatable bonds is 6. The second kappa shape index (κ2) is 7.73. The van der Waals surface area contributed by atoms with Gasteiger partial charge in [0.05, 0.1) is 11.7 Å². The normalized spacial score (nSPS) is 12.9. The molecule has 0 spiro atoms. The van der Waals surface area contributed by atoms with Gasteiger partial charge in [-0.3, -0.25) is 0 Å². The van der Waals surface area contributed by atoms with E-state index in [0.29, 0.717) is 5.92 Å². The largest absolute Gasteiger partial charge is 0.304 e. The predicted molar refractivity (Wildman–Crippen MR) is 95.5 cm³/mol. The smallest absolute Gasteiger partial charge is 0.114 e. The van der Waals surface area contributed by atoms with Gasteiger partial charge in [0.1, 0.15) is 5.01 Å². The number of benzene rings is 1. The molecule has 1 aromatic heterocycles. The molecule has 0 saturated heterocycles. The third-order valence-corrected chi connectivity index (χ3v) is 5.13. The van der Waals surface area contributed by atoms with Crippen molar-refractivity contribution in [1.29, 1.82) is 0 Å². The lowest BCUT2D eigenvalue weighted by atomic mass is 10.1. The summed E-state index contributed by atoms with van der Waals surface area (Å²) in [4.78, 5) is 4.80. The molecule has 0 aliphatic carbocycles. The Morgan fingerprint density at radius 3 is 2.76 bits per heavy atom. The molecule has 0 saturated carbocycles. The van der Waals surface area contributed by atoms with Gasteiger partial charge in [-0.15, -0.1) is 11.3 Å². The second-order valence-corrected chi connectivity index (χ2v) is 7.50. The second-order valence-electron chi connectivity index (χ2n) is 5.32. The lowest BCUT2D eigenvalue weighted by Gasteiger charge is -2.18. The summed E-state index contributed by atoms with van der Waals surface area (Å²) in [5.41, 5.74) is 2.29. The maximum atomic E-state index is 6.17. The molecule has 5 heteroatoms. The van der Waals surface area contributed by atoms with Gasteiger partial charge in [-0.05, 0) is 42.6 Å². The summed E-state index contributed by atoms with van der Waals surface area (Å²) in [5.74, 6) is 0.449. The van der Waals surface area contributed by atoms with Gasteiger partial charge in [0.15, 0.2) is 0 Å². The first-order valence-electron chi connectivity index (χ1n) is 7.16. The lowest BCUT2D eigenvalue weighted by molar-refractivity contribution is 0.591. The van der Waals surface area contributed by atoms with Crippen LogP contribution in [-0.4, -0.2) is 11.5 Å². The topological polar surface area (TPSA) is 24.9 Å². The fourth-order valence-electron chi connectivity index (χ4n) is 2.05. The van der Waals surface area contributed by atoms with E-state index < -0.39 is 0 Å². The molecular formula is C16H20BrClN2S. The van der Waals surface area contributed by atoms with E-state index in [4.69, 9.17) is 16.6 Å². The van der Waals surface area contributed by atoms with Crippen molar-refractivity contribution in [2.45, 2.75) is 39.2 Å². The molecule has 2 rings (SSSR count). The summed E-state index contributed by atoms with van der Waals surface area (Å²) in [7, 11) is 0. The first-order chi connectivity index (χ1) is 10.0. The minimum absolute atomic E-state index is 0.0792. The van der Waals surface area contributed by atoms with Gasteiger partial charge in [-0.2, -0.15) is 0 Å². The van der Waals surface area contributed by atoms with Crippen molar-refractivity contribution in [2.75, 3.05) is 6.54 Å².